The van der Waals surface area contributed by atoms with Crippen molar-refractivity contribution >= 4 is 18.3 Å². The maximum Gasteiger partial charge on any atom is 0.262 e. The van der Waals surface area contributed by atoms with E-state index < -0.39 is 30.8 Å². The van der Waals surface area contributed by atoms with Gasteiger partial charge in [-0.25, -0.2) is 8.78 Å². The first-order chi connectivity index (χ1) is 11.0. The molecule has 0 aliphatic carbocycles. The maximum atomic E-state index is 13.1. The molecule has 5 nitrogen and oxygen atoms in total. The largest absolute Gasteiger partial charge is 0.351 e. The Morgan fingerprint density at radius 3 is 2.75 bits per heavy atom. The molecule has 1 amide bonds. The van der Waals surface area contributed by atoms with E-state index >= 15 is 0 Å². The molecular formula is C16H19ClF2N4O. The topological polar surface area (TPSA) is 59.0 Å². The number of hydrogen-bond acceptors (Lipinski definition) is 3. The monoisotopic (exact) mass is 356 g/mol. The van der Waals surface area contributed by atoms with Gasteiger partial charge in [-0.2, -0.15) is 5.10 Å². The zero-order valence-corrected chi connectivity index (χ0v) is 13.7. The highest BCUT2D eigenvalue weighted by Crippen LogP contribution is 2.25. The Morgan fingerprint density at radius 1 is 1.33 bits per heavy atom. The van der Waals surface area contributed by atoms with Gasteiger partial charge in [0, 0.05) is 24.7 Å². The van der Waals surface area contributed by atoms with Crippen LogP contribution in [0.25, 0.3) is 0 Å². The molecule has 2 aromatic rings. The summed E-state index contributed by atoms with van der Waals surface area (Å²) >= 11 is 0. The molecule has 1 aliphatic rings. The van der Waals surface area contributed by atoms with Crippen LogP contribution in [0.4, 0.5) is 8.78 Å². The average Bonchev–Trinajstić information content (AvgIpc) is 3.12. The lowest BCUT2D eigenvalue weighted by atomic mass is 10.2. The van der Waals surface area contributed by atoms with Crippen LogP contribution in [0, 0.1) is 0 Å². The van der Waals surface area contributed by atoms with Gasteiger partial charge < -0.3 is 5.32 Å². The molecule has 2 heterocycles. The van der Waals surface area contributed by atoms with E-state index in [-0.39, 0.29) is 19.0 Å². The lowest BCUT2D eigenvalue weighted by Gasteiger charge is -2.10. The highest BCUT2D eigenvalue weighted by atomic mass is 35.5. The van der Waals surface area contributed by atoms with Crippen molar-refractivity contribution in [1.82, 2.24) is 20.4 Å². The van der Waals surface area contributed by atoms with Crippen LogP contribution >= 0.6 is 12.4 Å². The molecule has 24 heavy (non-hydrogen) atoms. The standard InChI is InChI=1S/C16H18F2N4O.ClH/c17-16(18)6-14(20-11-16)15(23)19-7-13-8-21-22(10-13)9-12-4-2-1-3-5-12;/h1-5,8,10,14,20H,6-7,9,11H2,(H,19,23);1H. The maximum absolute atomic E-state index is 13.1. The minimum Gasteiger partial charge on any atom is -0.351 e. The van der Waals surface area contributed by atoms with E-state index in [2.05, 4.69) is 15.7 Å². The zero-order valence-electron chi connectivity index (χ0n) is 12.9. The smallest absolute Gasteiger partial charge is 0.262 e. The molecule has 1 aliphatic heterocycles. The highest BCUT2D eigenvalue weighted by Gasteiger charge is 2.42. The van der Waals surface area contributed by atoms with Crippen LogP contribution in [0.3, 0.4) is 0 Å². The van der Waals surface area contributed by atoms with E-state index in [0.717, 1.165) is 11.1 Å². The number of aromatic nitrogens is 2. The lowest BCUT2D eigenvalue weighted by molar-refractivity contribution is -0.123. The second-order valence-electron chi connectivity index (χ2n) is 5.74. The molecular weight excluding hydrogens is 338 g/mol. The zero-order chi connectivity index (χ0) is 16.3. The molecule has 8 heteroatoms. The summed E-state index contributed by atoms with van der Waals surface area (Å²) in [6.07, 6.45) is 3.05. The quantitative estimate of drug-likeness (QED) is 0.861. The Balaban J connectivity index is 0.00000208. The molecule has 1 atom stereocenters. The van der Waals surface area contributed by atoms with Crippen LogP contribution in [-0.2, 0) is 17.9 Å². The summed E-state index contributed by atoms with van der Waals surface area (Å²) in [5.41, 5.74) is 1.96. The number of rotatable bonds is 5. The van der Waals surface area contributed by atoms with Crippen molar-refractivity contribution in [3.05, 3.63) is 53.9 Å². The molecule has 1 fully saturated rings. The van der Waals surface area contributed by atoms with E-state index in [1.807, 2.05) is 36.5 Å². The summed E-state index contributed by atoms with van der Waals surface area (Å²) in [6.45, 7) is 0.475. The van der Waals surface area contributed by atoms with Gasteiger partial charge in [-0.1, -0.05) is 30.3 Å². The molecule has 1 unspecified atom stereocenters. The van der Waals surface area contributed by atoms with Crippen LogP contribution in [0.1, 0.15) is 17.5 Å². The van der Waals surface area contributed by atoms with Crippen molar-refractivity contribution in [3.63, 3.8) is 0 Å². The van der Waals surface area contributed by atoms with E-state index in [9.17, 15) is 13.6 Å². The van der Waals surface area contributed by atoms with E-state index in [4.69, 9.17) is 0 Å². The Hall–Kier alpha value is -1.99. The molecule has 1 saturated heterocycles. The lowest BCUT2D eigenvalue weighted by Crippen LogP contribution is -2.39. The van der Waals surface area contributed by atoms with Gasteiger partial charge in [0.2, 0.25) is 5.91 Å². The van der Waals surface area contributed by atoms with Gasteiger partial charge in [-0.3, -0.25) is 14.8 Å². The first-order valence-electron chi connectivity index (χ1n) is 7.46. The van der Waals surface area contributed by atoms with Crippen LogP contribution in [0.15, 0.2) is 42.7 Å². The summed E-state index contributed by atoms with van der Waals surface area (Å²) < 4.78 is 27.9. The van der Waals surface area contributed by atoms with Crippen molar-refractivity contribution in [1.29, 1.82) is 0 Å². The Bertz CT molecular complexity index is 678. The predicted molar refractivity (Wildman–Crippen MR) is 88.2 cm³/mol. The van der Waals surface area contributed by atoms with Crippen molar-refractivity contribution in [2.45, 2.75) is 31.5 Å². The van der Waals surface area contributed by atoms with Crippen molar-refractivity contribution in [2.24, 2.45) is 0 Å². The summed E-state index contributed by atoms with van der Waals surface area (Å²) in [5, 5.41) is 9.45. The van der Waals surface area contributed by atoms with E-state index in [1.54, 1.807) is 10.9 Å². The Morgan fingerprint density at radius 2 is 2.08 bits per heavy atom. The first-order valence-corrected chi connectivity index (χ1v) is 7.46. The van der Waals surface area contributed by atoms with Gasteiger partial charge in [0.15, 0.2) is 0 Å². The molecule has 0 radical (unpaired) electrons. The van der Waals surface area contributed by atoms with Gasteiger partial charge in [0.25, 0.3) is 5.92 Å². The summed E-state index contributed by atoms with van der Waals surface area (Å²) in [5.74, 6) is -3.21. The molecule has 3 rings (SSSR count). The fourth-order valence-electron chi connectivity index (χ4n) is 2.57. The Labute approximate surface area is 144 Å². The molecule has 0 bridgehead atoms. The van der Waals surface area contributed by atoms with Gasteiger partial charge >= 0.3 is 0 Å². The van der Waals surface area contributed by atoms with Crippen LogP contribution in [-0.4, -0.2) is 34.2 Å². The SMILES string of the molecule is Cl.O=C(NCc1cnn(Cc2ccccc2)c1)C1CC(F)(F)CN1. The number of carbonyl (C=O) groups is 1. The van der Waals surface area contributed by atoms with Gasteiger partial charge in [0.05, 0.1) is 25.3 Å². The number of nitrogens with zero attached hydrogens (tertiary/aromatic N) is 2. The molecule has 0 spiro atoms. The minimum absolute atomic E-state index is 0. The molecule has 130 valence electrons. The van der Waals surface area contributed by atoms with Crippen LogP contribution in [0.5, 0.6) is 0 Å². The number of benzene rings is 1. The fourth-order valence-corrected chi connectivity index (χ4v) is 2.57. The fraction of sp³-hybridized carbons (Fsp3) is 0.375. The van der Waals surface area contributed by atoms with Gasteiger partial charge in [-0.15, -0.1) is 12.4 Å². The number of amides is 1. The number of halogens is 3. The third-order valence-electron chi connectivity index (χ3n) is 3.77. The number of carbonyl (C=O) groups excluding carboxylic acids is 1. The van der Waals surface area contributed by atoms with E-state index in [1.165, 1.54) is 0 Å². The number of nitrogens with one attached hydrogen (secondary N) is 2. The number of hydrogen-bond donors (Lipinski definition) is 2. The molecule has 1 aromatic heterocycles. The Kier molecular flexibility index (Phi) is 5.90. The van der Waals surface area contributed by atoms with Gasteiger partial charge in [-0.05, 0) is 5.56 Å². The van der Waals surface area contributed by atoms with Gasteiger partial charge in [0.1, 0.15) is 0 Å². The second kappa shape index (κ2) is 7.72. The molecule has 0 saturated carbocycles. The van der Waals surface area contributed by atoms with Crippen molar-refractivity contribution in [2.75, 3.05) is 6.54 Å². The third-order valence-corrected chi connectivity index (χ3v) is 3.77. The van der Waals surface area contributed by atoms with E-state index in [0.29, 0.717) is 6.54 Å². The summed E-state index contributed by atoms with van der Waals surface area (Å²) in [7, 11) is 0. The third kappa shape index (κ3) is 4.75. The second-order valence-corrected chi connectivity index (χ2v) is 5.74. The van der Waals surface area contributed by atoms with Crippen LogP contribution < -0.4 is 10.6 Å². The average molecular weight is 357 g/mol. The minimum atomic E-state index is -2.80. The normalized spacial score (nSPS) is 18.8. The highest BCUT2D eigenvalue weighted by molar-refractivity contribution is 5.85. The first kappa shape index (κ1) is 18.4. The summed E-state index contributed by atoms with van der Waals surface area (Å²) in [6, 6.07) is 9.07. The summed E-state index contributed by atoms with van der Waals surface area (Å²) in [4.78, 5) is 11.9. The number of alkyl halides is 2. The molecule has 2 N–H and O–H groups in total. The van der Waals surface area contributed by atoms with Crippen LogP contribution in [0.2, 0.25) is 0 Å². The van der Waals surface area contributed by atoms with Crippen molar-refractivity contribution in [3.8, 4) is 0 Å². The predicted octanol–water partition coefficient (Wildman–Crippen LogP) is 1.97. The van der Waals surface area contributed by atoms with Crippen molar-refractivity contribution < 1.29 is 13.6 Å². The molecule has 1 aromatic carbocycles.